The van der Waals surface area contributed by atoms with Gasteiger partial charge in [0, 0.05) is 24.4 Å². The highest BCUT2D eigenvalue weighted by molar-refractivity contribution is 6.04. The van der Waals surface area contributed by atoms with Gasteiger partial charge in [-0.3, -0.25) is 9.59 Å². The lowest BCUT2D eigenvalue weighted by molar-refractivity contribution is 0.0469. The summed E-state index contributed by atoms with van der Waals surface area (Å²) < 4.78 is 11.7. The zero-order chi connectivity index (χ0) is 19.0. The summed E-state index contributed by atoms with van der Waals surface area (Å²) >= 11 is 0. The number of hydrogen-bond donors (Lipinski definition) is 0. The van der Waals surface area contributed by atoms with Gasteiger partial charge >= 0.3 is 5.97 Å². The molecule has 0 fully saturated rings. The summed E-state index contributed by atoms with van der Waals surface area (Å²) in [7, 11) is 1.46. The molecule has 136 valence electrons. The first-order chi connectivity index (χ1) is 13.0. The summed E-state index contributed by atoms with van der Waals surface area (Å²) in [6.07, 6.45) is 0.754. The summed E-state index contributed by atoms with van der Waals surface area (Å²) in [6.45, 7) is 0.199. The fraction of sp³-hybridized carbons (Fsp3) is 0.200. The monoisotopic (exact) mass is 364 g/mol. The van der Waals surface area contributed by atoms with Gasteiger partial charge in [-0.2, -0.15) is 5.10 Å². The van der Waals surface area contributed by atoms with Gasteiger partial charge in [-0.1, -0.05) is 18.2 Å². The Morgan fingerprint density at radius 3 is 2.78 bits per heavy atom. The quantitative estimate of drug-likeness (QED) is 0.519. The van der Waals surface area contributed by atoms with Gasteiger partial charge in [-0.25, -0.2) is 9.48 Å². The van der Waals surface area contributed by atoms with Crippen LogP contribution >= 0.6 is 0 Å². The van der Waals surface area contributed by atoms with Crippen molar-refractivity contribution in [2.75, 3.05) is 13.2 Å². The van der Waals surface area contributed by atoms with E-state index in [9.17, 15) is 14.4 Å². The van der Waals surface area contributed by atoms with Crippen molar-refractivity contribution in [2.24, 2.45) is 7.05 Å². The molecule has 0 radical (unpaired) electrons. The SMILES string of the molecule is Cn1nc(C(=O)OCC(=O)c2ccc3c(c2)CCO3)c2ccccc2c1=O. The number of ether oxygens (including phenoxy) is 2. The molecular weight excluding hydrogens is 348 g/mol. The molecule has 0 saturated heterocycles. The van der Waals surface area contributed by atoms with Crippen LogP contribution in [0.25, 0.3) is 10.8 Å². The highest BCUT2D eigenvalue weighted by atomic mass is 16.5. The fourth-order valence-electron chi connectivity index (χ4n) is 3.09. The van der Waals surface area contributed by atoms with Crippen molar-refractivity contribution in [3.8, 4) is 5.75 Å². The van der Waals surface area contributed by atoms with Crippen molar-refractivity contribution in [1.82, 2.24) is 9.78 Å². The molecule has 0 bridgehead atoms. The van der Waals surface area contributed by atoms with Gasteiger partial charge in [0.25, 0.3) is 5.56 Å². The number of rotatable bonds is 4. The van der Waals surface area contributed by atoms with E-state index in [1.165, 1.54) is 7.05 Å². The highest BCUT2D eigenvalue weighted by Gasteiger charge is 2.20. The van der Waals surface area contributed by atoms with Gasteiger partial charge in [0.15, 0.2) is 18.1 Å². The minimum absolute atomic E-state index is 0.00264. The molecule has 0 unspecified atom stereocenters. The summed E-state index contributed by atoms with van der Waals surface area (Å²) in [5.74, 6) is -0.281. The zero-order valence-electron chi connectivity index (χ0n) is 14.6. The van der Waals surface area contributed by atoms with Crippen molar-refractivity contribution in [3.05, 3.63) is 69.6 Å². The number of aromatic nitrogens is 2. The van der Waals surface area contributed by atoms with Crippen LogP contribution in [-0.4, -0.2) is 34.7 Å². The minimum atomic E-state index is -0.750. The van der Waals surface area contributed by atoms with Crippen LogP contribution in [0.1, 0.15) is 26.4 Å². The minimum Gasteiger partial charge on any atom is -0.493 e. The van der Waals surface area contributed by atoms with E-state index in [2.05, 4.69) is 5.10 Å². The van der Waals surface area contributed by atoms with E-state index in [1.807, 2.05) is 0 Å². The van der Waals surface area contributed by atoms with E-state index in [0.717, 1.165) is 22.4 Å². The maximum absolute atomic E-state index is 12.5. The second-order valence-corrected chi connectivity index (χ2v) is 6.24. The lowest BCUT2D eigenvalue weighted by atomic mass is 10.1. The average Bonchev–Trinajstić information content (AvgIpc) is 3.16. The molecule has 0 amide bonds. The number of aryl methyl sites for hydroxylation is 1. The highest BCUT2D eigenvalue weighted by Crippen LogP contribution is 2.26. The van der Waals surface area contributed by atoms with Crippen molar-refractivity contribution in [3.63, 3.8) is 0 Å². The molecule has 0 spiro atoms. The molecule has 0 N–H and O–H groups in total. The molecule has 1 aromatic heterocycles. The van der Waals surface area contributed by atoms with E-state index in [0.29, 0.717) is 22.9 Å². The van der Waals surface area contributed by atoms with Crippen LogP contribution < -0.4 is 10.3 Å². The Labute approximate surface area is 154 Å². The van der Waals surface area contributed by atoms with Crippen molar-refractivity contribution in [1.29, 1.82) is 0 Å². The topological polar surface area (TPSA) is 87.5 Å². The van der Waals surface area contributed by atoms with E-state index < -0.39 is 12.6 Å². The maximum Gasteiger partial charge on any atom is 0.359 e. The molecule has 0 aliphatic carbocycles. The normalized spacial score (nSPS) is 12.5. The lowest BCUT2D eigenvalue weighted by Gasteiger charge is -2.08. The number of Topliss-reactive ketones (excluding diaryl/α,β-unsaturated/α-hetero) is 1. The van der Waals surface area contributed by atoms with Gasteiger partial charge in [-0.15, -0.1) is 0 Å². The molecule has 3 aromatic rings. The summed E-state index contributed by atoms with van der Waals surface area (Å²) in [6, 6.07) is 11.8. The van der Waals surface area contributed by atoms with Gasteiger partial charge in [0.1, 0.15) is 5.75 Å². The van der Waals surface area contributed by atoms with Crippen LogP contribution in [0.3, 0.4) is 0 Å². The maximum atomic E-state index is 12.5. The Kier molecular flexibility index (Phi) is 4.19. The van der Waals surface area contributed by atoms with Gasteiger partial charge in [0.05, 0.1) is 12.0 Å². The molecule has 1 aliphatic rings. The standard InChI is InChI=1S/C20H16N2O5/c1-22-19(24)15-5-3-2-4-14(15)18(21-22)20(25)27-11-16(23)12-6-7-17-13(10-12)8-9-26-17/h2-7,10H,8-9,11H2,1H3. The second kappa shape index (κ2) is 6.68. The Balaban J connectivity index is 1.55. The second-order valence-electron chi connectivity index (χ2n) is 6.24. The Bertz CT molecular complexity index is 1130. The van der Waals surface area contributed by atoms with Crippen LogP contribution in [0.5, 0.6) is 5.75 Å². The molecule has 0 atom stereocenters. The third kappa shape index (κ3) is 3.08. The molecule has 7 nitrogen and oxygen atoms in total. The zero-order valence-corrected chi connectivity index (χ0v) is 14.6. The van der Waals surface area contributed by atoms with E-state index >= 15 is 0 Å². The Morgan fingerprint density at radius 1 is 1.19 bits per heavy atom. The lowest BCUT2D eigenvalue weighted by Crippen LogP contribution is -2.24. The number of ketones is 1. The number of carbonyl (C=O) groups is 2. The molecule has 4 rings (SSSR count). The van der Waals surface area contributed by atoms with Gasteiger partial charge in [0.2, 0.25) is 0 Å². The first-order valence-electron chi connectivity index (χ1n) is 8.46. The third-order valence-corrected chi connectivity index (χ3v) is 4.50. The number of carbonyl (C=O) groups excluding carboxylic acids is 2. The number of nitrogens with zero attached hydrogens (tertiary/aromatic N) is 2. The van der Waals surface area contributed by atoms with E-state index in [1.54, 1.807) is 42.5 Å². The molecule has 7 heteroatoms. The molecule has 27 heavy (non-hydrogen) atoms. The summed E-state index contributed by atoms with van der Waals surface area (Å²) in [4.78, 5) is 37.0. The number of esters is 1. The third-order valence-electron chi connectivity index (χ3n) is 4.50. The molecule has 2 aromatic carbocycles. The first kappa shape index (κ1) is 17.0. The van der Waals surface area contributed by atoms with Gasteiger partial charge < -0.3 is 9.47 Å². The smallest absolute Gasteiger partial charge is 0.359 e. The summed E-state index contributed by atoms with van der Waals surface area (Å²) in [5.41, 5.74) is 1.13. The van der Waals surface area contributed by atoms with E-state index in [-0.39, 0.29) is 17.0 Å². The van der Waals surface area contributed by atoms with E-state index in [4.69, 9.17) is 9.47 Å². The average molecular weight is 364 g/mol. The van der Waals surface area contributed by atoms with Crippen molar-refractivity contribution in [2.45, 2.75) is 6.42 Å². The Morgan fingerprint density at radius 2 is 1.96 bits per heavy atom. The molecule has 0 saturated carbocycles. The van der Waals surface area contributed by atoms with Crippen LogP contribution in [0.4, 0.5) is 0 Å². The van der Waals surface area contributed by atoms with Crippen LogP contribution in [0, 0.1) is 0 Å². The molecular formula is C20H16N2O5. The van der Waals surface area contributed by atoms with Crippen LogP contribution in [0.2, 0.25) is 0 Å². The molecule has 1 aliphatic heterocycles. The fourth-order valence-corrected chi connectivity index (χ4v) is 3.09. The van der Waals surface area contributed by atoms with Crippen molar-refractivity contribution < 1.29 is 19.1 Å². The number of hydrogen-bond acceptors (Lipinski definition) is 6. The Hall–Kier alpha value is -3.48. The first-order valence-corrected chi connectivity index (χ1v) is 8.46. The predicted molar refractivity (Wildman–Crippen MR) is 97.2 cm³/mol. The largest absolute Gasteiger partial charge is 0.493 e. The number of benzene rings is 2. The van der Waals surface area contributed by atoms with Crippen LogP contribution in [0.15, 0.2) is 47.3 Å². The van der Waals surface area contributed by atoms with Crippen LogP contribution in [-0.2, 0) is 18.2 Å². The predicted octanol–water partition coefficient (Wildman–Crippen LogP) is 1.91. The number of fused-ring (bicyclic) bond motifs is 2. The van der Waals surface area contributed by atoms with Gasteiger partial charge in [-0.05, 0) is 29.8 Å². The molecule has 2 heterocycles. The van der Waals surface area contributed by atoms with Crippen molar-refractivity contribution >= 4 is 22.5 Å². The summed E-state index contributed by atoms with van der Waals surface area (Å²) in [5, 5.41) is 4.76.